The molecule has 0 aliphatic carbocycles. The van der Waals surface area contributed by atoms with Gasteiger partial charge in [0.15, 0.2) is 0 Å². The van der Waals surface area contributed by atoms with Crippen molar-refractivity contribution in [3.8, 4) is 10.9 Å². The minimum absolute atomic E-state index is 0.109. The Kier molecular flexibility index (Phi) is 4.08. The molecule has 0 aliphatic heterocycles. The molecule has 1 aromatic carbocycles. The van der Waals surface area contributed by atoms with Crippen molar-refractivity contribution in [1.29, 1.82) is 0 Å². The Bertz CT molecular complexity index is 653. The highest BCUT2D eigenvalue weighted by Gasteiger charge is 2.36. The van der Waals surface area contributed by atoms with Crippen LogP contribution in [0.5, 0.6) is 10.9 Å². The summed E-state index contributed by atoms with van der Waals surface area (Å²) < 4.78 is 46.1. The maximum absolute atomic E-state index is 12.5. The number of nitrogens with two attached hydrogens (primary N) is 1. The largest absolute Gasteiger partial charge is 0.452 e. The second kappa shape index (κ2) is 5.51. The van der Waals surface area contributed by atoms with Crippen LogP contribution in [0.25, 0.3) is 0 Å². The number of hydrogen-bond acceptors (Lipinski definition) is 5. The van der Waals surface area contributed by atoms with Crippen LogP contribution in [0.15, 0.2) is 12.1 Å². The molecule has 0 aliphatic rings. The van der Waals surface area contributed by atoms with Crippen LogP contribution in [0.1, 0.15) is 36.7 Å². The van der Waals surface area contributed by atoms with E-state index in [1.807, 2.05) is 13.8 Å². The maximum Gasteiger partial charge on any atom is 0.452 e. The van der Waals surface area contributed by atoms with Crippen molar-refractivity contribution in [2.75, 3.05) is 5.73 Å². The van der Waals surface area contributed by atoms with Crippen LogP contribution in [-0.4, -0.2) is 9.36 Å². The fourth-order valence-electron chi connectivity index (χ4n) is 1.72. The predicted octanol–water partition coefficient (Wildman–Crippen LogP) is 4.36. The van der Waals surface area contributed by atoms with Gasteiger partial charge in [0.05, 0.1) is 0 Å². The number of nitrogens with zero attached hydrogens (tertiary/aromatic N) is 2. The molecule has 0 bridgehead atoms. The summed E-state index contributed by atoms with van der Waals surface area (Å²) in [6.45, 7) is 5.68. The second-order valence-corrected chi connectivity index (χ2v) is 5.60. The molecule has 0 spiro atoms. The van der Waals surface area contributed by atoms with Gasteiger partial charge in [-0.3, -0.25) is 0 Å². The average molecular weight is 317 g/mol. The molecule has 4 nitrogen and oxygen atoms in total. The van der Waals surface area contributed by atoms with Gasteiger partial charge < -0.3 is 10.5 Å². The number of nitrogen functional groups attached to an aromatic ring is 1. The number of ether oxygens (including phenoxy) is 1. The summed E-state index contributed by atoms with van der Waals surface area (Å²) in [6, 6.07) is 3.46. The van der Waals surface area contributed by atoms with Gasteiger partial charge in [-0.25, -0.2) is 0 Å². The molecule has 2 N–H and O–H groups in total. The van der Waals surface area contributed by atoms with Gasteiger partial charge in [-0.05, 0) is 36.1 Å². The molecule has 114 valence electrons. The van der Waals surface area contributed by atoms with Crippen LogP contribution >= 0.6 is 11.5 Å². The number of rotatable bonds is 3. The molecule has 0 atom stereocenters. The van der Waals surface area contributed by atoms with E-state index < -0.39 is 12.0 Å². The Morgan fingerprint density at radius 3 is 2.48 bits per heavy atom. The van der Waals surface area contributed by atoms with Gasteiger partial charge in [-0.1, -0.05) is 13.8 Å². The zero-order valence-corrected chi connectivity index (χ0v) is 12.5. The van der Waals surface area contributed by atoms with Gasteiger partial charge in [-0.2, -0.15) is 22.5 Å². The minimum Gasteiger partial charge on any atom is -0.430 e. The summed E-state index contributed by atoms with van der Waals surface area (Å²) >= 11 is 0.567. The van der Waals surface area contributed by atoms with Gasteiger partial charge in [0, 0.05) is 17.2 Å². The van der Waals surface area contributed by atoms with Gasteiger partial charge in [0.1, 0.15) is 5.75 Å². The van der Waals surface area contributed by atoms with E-state index in [1.165, 1.54) is 0 Å². The first-order valence-electron chi connectivity index (χ1n) is 6.17. The number of halogens is 3. The van der Waals surface area contributed by atoms with E-state index in [2.05, 4.69) is 9.36 Å². The molecule has 0 unspecified atom stereocenters. The zero-order chi connectivity index (χ0) is 15.8. The van der Waals surface area contributed by atoms with Gasteiger partial charge in [0.25, 0.3) is 11.0 Å². The van der Waals surface area contributed by atoms with E-state index >= 15 is 0 Å². The molecule has 1 aromatic heterocycles. The van der Waals surface area contributed by atoms with Crippen LogP contribution in [0.4, 0.5) is 18.9 Å². The monoisotopic (exact) mass is 317 g/mol. The highest BCUT2D eigenvalue weighted by atomic mass is 32.1. The van der Waals surface area contributed by atoms with E-state index in [-0.39, 0.29) is 11.1 Å². The molecule has 0 amide bonds. The van der Waals surface area contributed by atoms with E-state index in [0.29, 0.717) is 23.0 Å². The van der Waals surface area contributed by atoms with E-state index in [0.717, 1.165) is 11.1 Å². The Morgan fingerprint density at radius 1 is 1.29 bits per heavy atom. The highest BCUT2D eigenvalue weighted by molar-refractivity contribution is 7.07. The lowest BCUT2D eigenvalue weighted by molar-refractivity contribution is -0.144. The number of aryl methyl sites for hydroxylation is 1. The Labute approximate surface area is 123 Å². The number of benzene rings is 1. The lowest BCUT2D eigenvalue weighted by Crippen LogP contribution is -2.07. The van der Waals surface area contributed by atoms with Crippen LogP contribution in [0, 0.1) is 6.92 Å². The fourth-order valence-corrected chi connectivity index (χ4v) is 2.28. The molecule has 2 aromatic rings. The molecular weight excluding hydrogens is 303 g/mol. The summed E-state index contributed by atoms with van der Waals surface area (Å²) in [4.78, 5) is 3.36. The van der Waals surface area contributed by atoms with Crippen molar-refractivity contribution in [3.63, 3.8) is 0 Å². The molecule has 0 fully saturated rings. The average Bonchev–Trinajstić information content (AvgIpc) is 2.81. The summed E-state index contributed by atoms with van der Waals surface area (Å²) in [6.07, 6.45) is -4.57. The first kappa shape index (κ1) is 15.6. The van der Waals surface area contributed by atoms with Crippen molar-refractivity contribution in [2.45, 2.75) is 32.9 Å². The zero-order valence-electron chi connectivity index (χ0n) is 11.7. The van der Waals surface area contributed by atoms with Crippen molar-refractivity contribution < 1.29 is 17.9 Å². The lowest BCUT2D eigenvalue weighted by Gasteiger charge is -2.14. The van der Waals surface area contributed by atoms with E-state index in [1.54, 1.807) is 19.1 Å². The summed E-state index contributed by atoms with van der Waals surface area (Å²) in [5, 5.41) is -0.145. The van der Waals surface area contributed by atoms with Crippen molar-refractivity contribution >= 4 is 17.2 Å². The van der Waals surface area contributed by atoms with Crippen LogP contribution in [-0.2, 0) is 6.18 Å². The third-order valence-electron chi connectivity index (χ3n) is 2.88. The second-order valence-electron chi connectivity index (χ2n) is 4.89. The topological polar surface area (TPSA) is 61.0 Å². The molecular formula is C13H14F3N3OS. The van der Waals surface area contributed by atoms with Gasteiger partial charge in [-0.15, -0.1) is 0 Å². The molecule has 0 saturated carbocycles. The number of aromatic nitrogens is 2. The SMILES string of the molecule is Cc1cc(Oc2nc(C(F)(F)F)ns2)c(C(C)C)cc1N. The predicted molar refractivity (Wildman–Crippen MR) is 74.7 cm³/mol. The Balaban J connectivity index is 2.35. The standard InChI is InChI=1S/C13H14F3N3OS/c1-6(2)8-5-9(17)7(3)4-10(8)20-12-18-11(19-21-12)13(14,15)16/h4-6H,17H2,1-3H3. The van der Waals surface area contributed by atoms with Crippen LogP contribution < -0.4 is 10.5 Å². The molecule has 0 radical (unpaired) electrons. The quantitative estimate of drug-likeness (QED) is 0.854. The number of hydrogen-bond donors (Lipinski definition) is 1. The fraction of sp³-hybridized carbons (Fsp3) is 0.385. The summed E-state index contributed by atoms with van der Waals surface area (Å²) in [5.41, 5.74) is 8.06. The third kappa shape index (κ3) is 3.44. The molecule has 1 heterocycles. The molecule has 21 heavy (non-hydrogen) atoms. The Hall–Kier alpha value is -1.83. The Morgan fingerprint density at radius 2 is 1.95 bits per heavy atom. The molecule has 8 heteroatoms. The van der Waals surface area contributed by atoms with Crippen molar-refractivity contribution in [3.05, 3.63) is 29.1 Å². The van der Waals surface area contributed by atoms with Crippen molar-refractivity contribution in [1.82, 2.24) is 9.36 Å². The third-order valence-corrected chi connectivity index (χ3v) is 3.47. The van der Waals surface area contributed by atoms with Crippen molar-refractivity contribution in [2.24, 2.45) is 0 Å². The van der Waals surface area contributed by atoms with Gasteiger partial charge in [0.2, 0.25) is 0 Å². The maximum atomic E-state index is 12.5. The number of alkyl halides is 3. The smallest absolute Gasteiger partial charge is 0.430 e. The molecule has 2 rings (SSSR count). The van der Waals surface area contributed by atoms with Crippen LogP contribution in [0.3, 0.4) is 0 Å². The van der Waals surface area contributed by atoms with E-state index in [4.69, 9.17) is 10.5 Å². The number of anilines is 1. The lowest BCUT2D eigenvalue weighted by atomic mass is 9.99. The molecule has 0 saturated heterocycles. The summed E-state index contributed by atoms with van der Waals surface area (Å²) in [5.74, 6) is -0.639. The first-order valence-corrected chi connectivity index (χ1v) is 6.94. The minimum atomic E-state index is -4.57. The first-order chi connectivity index (χ1) is 9.68. The van der Waals surface area contributed by atoms with E-state index in [9.17, 15) is 13.2 Å². The summed E-state index contributed by atoms with van der Waals surface area (Å²) in [7, 11) is 0. The van der Waals surface area contributed by atoms with Gasteiger partial charge >= 0.3 is 6.18 Å². The normalized spacial score (nSPS) is 12.0. The van der Waals surface area contributed by atoms with Crippen LogP contribution in [0.2, 0.25) is 0 Å². The highest BCUT2D eigenvalue weighted by Crippen LogP contribution is 2.36.